The minimum atomic E-state index is -3.35. The molecule has 0 heterocycles. The van der Waals surface area contributed by atoms with Crippen LogP contribution in [0, 0.1) is 0 Å². The van der Waals surface area contributed by atoms with Crippen LogP contribution >= 0.6 is 0 Å². The van der Waals surface area contributed by atoms with Crippen molar-refractivity contribution in [2.45, 2.75) is 50.0 Å². The second-order valence-corrected chi connectivity index (χ2v) is 7.19. The molecule has 106 valence electrons. The van der Waals surface area contributed by atoms with Crippen molar-refractivity contribution in [3.8, 4) is 0 Å². The van der Waals surface area contributed by atoms with E-state index in [2.05, 4.69) is 17.0 Å². The molecule has 1 fully saturated rings. The fourth-order valence-electron chi connectivity index (χ4n) is 2.62. The van der Waals surface area contributed by atoms with Crippen molar-refractivity contribution in [1.82, 2.24) is 4.72 Å². The number of benzene rings is 1. The van der Waals surface area contributed by atoms with Gasteiger partial charge in [0.1, 0.15) is 0 Å². The number of hydrogen-bond donors (Lipinski definition) is 2. The van der Waals surface area contributed by atoms with E-state index >= 15 is 0 Å². The molecule has 2 rings (SSSR count). The lowest BCUT2D eigenvalue weighted by molar-refractivity contribution is 0.533. The van der Waals surface area contributed by atoms with E-state index in [4.69, 9.17) is 0 Å². The Bertz CT molecular complexity index is 517. The maximum atomic E-state index is 11.8. The maximum absolute atomic E-state index is 11.8. The third kappa shape index (κ3) is 3.48. The average molecular weight is 282 g/mol. The summed E-state index contributed by atoms with van der Waals surface area (Å²) in [4.78, 5) is 0.316. The van der Waals surface area contributed by atoms with E-state index < -0.39 is 10.0 Å². The van der Waals surface area contributed by atoms with E-state index in [1.807, 2.05) is 12.1 Å². The third-order valence-electron chi connectivity index (χ3n) is 3.65. The molecule has 19 heavy (non-hydrogen) atoms. The first-order valence-electron chi connectivity index (χ1n) is 6.83. The predicted molar refractivity (Wildman–Crippen MR) is 77.8 cm³/mol. The van der Waals surface area contributed by atoms with Crippen molar-refractivity contribution in [3.05, 3.63) is 24.3 Å². The third-order valence-corrected chi connectivity index (χ3v) is 5.21. The lowest BCUT2D eigenvalue weighted by Gasteiger charge is -2.26. The highest BCUT2D eigenvalue weighted by atomic mass is 32.2. The molecule has 4 nitrogen and oxygen atoms in total. The second kappa shape index (κ2) is 5.51. The first-order valence-corrected chi connectivity index (χ1v) is 8.31. The van der Waals surface area contributed by atoms with Crippen LogP contribution in [-0.2, 0) is 10.0 Å². The molecule has 0 aliphatic heterocycles. The SMILES string of the molecule is CCNS(=O)(=O)c1ccc(NC2(C)CCCC2)cc1. The van der Waals surface area contributed by atoms with Crippen LogP contribution < -0.4 is 10.0 Å². The summed E-state index contributed by atoms with van der Waals surface area (Å²) in [5.41, 5.74) is 1.14. The summed E-state index contributed by atoms with van der Waals surface area (Å²) in [5, 5.41) is 3.51. The Labute approximate surface area is 115 Å². The highest BCUT2D eigenvalue weighted by molar-refractivity contribution is 7.89. The number of sulfonamides is 1. The van der Waals surface area contributed by atoms with Gasteiger partial charge in [-0.2, -0.15) is 0 Å². The molecule has 0 unspecified atom stereocenters. The molecule has 0 spiro atoms. The molecular formula is C14H22N2O2S. The van der Waals surface area contributed by atoms with Gasteiger partial charge in [0.2, 0.25) is 10.0 Å². The van der Waals surface area contributed by atoms with Crippen LogP contribution in [0.4, 0.5) is 5.69 Å². The van der Waals surface area contributed by atoms with Crippen LogP contribution in [0.5, 0.6) is 0 Å². The standard InChI is InChI=1S/C14H22N2O2S/c1-3-15-19(17,18)13-8-6-12(7-9-13)16-14(2)10-4-5-11-14/h6-9,15-16H,3-5,10-11H2,1-2H3. The molecule has 1 aliphatic rings. The quantitative estimate of drug-likeness (QED) is 0.873. The Balaban J connectivity index is 2.10. The number of nitrogens with one attached hydrogen (secondary N) is 2. The van der Waals surface area contributed by atoms with Crippen molar-refractivity contribution in [2.75, 3.05) is 11.9 Å². The monoisotopic (exact) mass is 282 g/mol. The van der Waals surface area contributed by atoms with Crippen molar-refractivity contribution in [2.24, 2.45) is 0 Å². The fourth-order valence-corrected chi connectivity index (χ4v) is 3.66. The average Bonchev–Trinajstić information content (AvgIpc) is 2.76. The molecule has 0 aromatic heterocycles. The first-order chi connectivity index (χ1) is 8.95. The van der Waals surface area contributed by atoms with E-state index in [0.29, 0.717) is 11.4 Å². The highest BCUT2D eigenvalue weighted by Crippen LogP contribution is 2.32. The Morgan fingerprint density at radius 3 is 2.26 bits per heavy atom. The van der Waals surface area contributed by atoms with E-state index in [9.17, 15) is 8.42 Å². The topological polar surface area (TPSA) is 58.2 Å². The highest BCUT2D eigenvalue weighted by Gasteiger charge is 2.28. The van der Waals surface area contributed by atoms with Crippen LogP contribution in [0.15, 0.2) is 29.2 Å². The van der Waals surface area contributed by atoms with Gasteiger partial charge in [0.15, 0.2) is 0 Å². The minimum Gasteiger partial charge on any atom is -0.380 e. The summed E-state index contributed by atoms with van der Waals surface area (Å²) >= 11 is 0. The van der Waals surface area contributed by atoms with Crippen molar-refractivity contribution in [1.29, 1.82) is 0 Å². The van der Waals surface area contributed by atoms with Gasteiger partial charge < -0.3 is 5.32 Å². The van der Waals surface area contributed by atoms with E-state index in [-0.39, 0.29) is 5.54 Å². The number of anilines is 1. The molecule has 0 radical (unpaired) electrons. The molecule has 0 saturated heterocycles. The van der Waals surface area contributed by atoms with Crippen LogP contribution in [0.25, 0.3) is 0 Å². The molecule has 1 saturated carbocycles. The zero-order valence-electron chi connectivity index (χ0n) is 11.6. The lowest BCUT2D eigenvalue weighted by atomic mass is 10.0. The Morgan fingerprint density at radius 1 is 1.16 bits per heavy atom. The van der Waals surface area contributed by atoms with Gasteiger partial charge in [0.25, 0.3) is 0 Å². The fraction of sp³-hybridized carbons (Fsp3) is 0.571. The Morgan fingerprint density at radius 2 is 1.74 bits per heavy atom. The van der Waals surface area contributed by atoms with Gasteiger partial charge >= 0.3 is 0 Å². The molecule has 0 atom stereocenters. The van der Waals surface area contributed by atoms with Gasteiger partial charge in [-0.1, -0.05) is 19.8 Å². The first kappa shape index (κ1) is 14.3. The van der Waals surface area contributed by atoms with E-state index in [1.165, 1.54) is 25.7 Å². The van der Waals surface area contributed by atoms with Gasteiger partial charge in [0.05, 0.1) is 4.90 Å². The van der Waals surface area contributed by atoms with Gasteiger partial charge in [0, 0.05) is 17.8 Å². The van der Waals surface area contributed by atoms with Crippen LogP contribution in [-0.4, -0.2) is 20.5 Å². The van der Waals surface area contributed by atoms with Crippen LogP contribution in [0.1, 0.15) is 39.5 Å². The summed E-state index contributed by atoms with van der Waals surface area (Å²) in [6, 6.07) is 6.98. The Hall–Kier alpha value is -1.07. The molecule has 1 aromatic rings. The lowest BCUT2D eigenvalue weighted by Crippen LogP contribution is -2.30. The van der Waals surface area contributed by atoms with Gasteiger partial charge in [-0.25, -0.2) is 13.1 Å². The van der Waals surface area contributed by atoms with E-state index in [0.717, 1.165) is 5.69 Å². The summed E-state index contributed by atoms with van der Waals surface area (Å²) in [6.07, 6.45) is 4.86. The summed E-state index contributed by atoms with van der Waals surface area (Å²) in [7, 11) is -3.35. The summed E-state index contributed by atoms with van der Waals surface area (Å²) < 4.78 is 26.1. The molecular weight excluding hydrogens is 260 g/mol. The van der Waals surface area contributed by atoms with Crippen molar-refractivity contribution >= 4 is 15.7 Å². The maximum Gasteiger partial charge on any atom is 0.240 e. The second-order valence-electron chi connectivity index (χ2n) is 5.42. The predicted octanol–water partition coefficient (Wildman–Crippen LogP) is 2.73. The van der Waals surface area contributed by atoms with Crippen molar-refractivity contribution < 1.29 is 8.42 Å². The summed E-state index contributed by atoms with van der Waals surface area (Å²) in [5.74, 6) is 0. The summed E-state index contributed by atoms with van der Waals surface area (Å²) in [6.45, 7) is 4.40. The van der Waals surface area contributed by atoms with Crippen molar-refractivity contribution in [3.63, 3.8) is 0 Å². The molecule has 0 amide bonds. The number of hydrogen-bond acceptors (Lipinski definition) is 3. The largest absolute Gasteiger partial charge is 0.380 e. The molecule has 1 aliphatic carbocycles. The minimum absolute atomic E-state index is 0.155. The van der Waals surface area contributed by atoms with Gasteiger partial charge in [-0.15, -0.1) is 0 Å². The van der Waals surface area contributed by atoms with E-state index in [1.54, 1.807) is 19.1 Å². The molecule has 1 aromatic carbocycles. The van der Waals surface area contributed by atoms with Gasteiger partial charge in [-0.3, -0.25) is 0 Å². The van der Waals surface area contributed by atoms with Crippen LogP contribution in [0.3, 0.4) is 0 Å². The Kier molecular flexibility index (Phi) is 4.16. The zero-order valence-corrected chi connectivity index (χ0v) is 12.4. The molecule has 0 bridgehead atoms. The van der Waals surface area contributed by atoms with Gasteiger partial charge in [-0.05, 0) is 44.0 Å². The normalized spacial score (nSPS) is 18.4. The molecule has 2 N–H and O–H groups in total. The molecule has 5 heteroatoms. The zero-order chi connectivity index (χ0) is 13.9. The van der Waals surface area contributed by atoms with Crippen LogP contribution in [0.2, 0.25) is 0 Å². The smallest absolute Gasteiger partial charge is 0.240 e. The number of rotatable bonds is 5.